The van der Waals surface area contributed by atoms with Crippen molar-refractivity contribution in [2.45, 2.75) is 18.9 Å². The lowest BCUT2D eigenvalue weighted by Crippen LogP contribution is -2.26. The highest BCUT2D eigenvalue weighted by Crippen LogP contribution is 2.28. The summed E-state index contributed by atoms with van der Waals surface area (Å²) in [6, 6.07) is 7.13. The molecule has 1 aliphatic carbocycles. The summed E-state index contributed by atoms with van der Waals surface area (Å²) in [7, 11) is 1.55. The van der Waals surface area contributed by atoms with Crippen LogP contribution in [0, 0.1) is 0 Å². The lowest BCUT2D eigenvalue weighted by Gasteiger charge is -2.08. The number of ether oxygens (including phenoxy) is 1. The zero-order valence-corrected chi connectivity index (χ0v) is 12.7. The largest absolute Gasteiger partial charge is 0.495 e. The number of halogens is 1. The Balaban J connectivity index is 1.74. The van der Waals surface area contributed by atoms with Crippen LogP contribution >= 0.6 is 11.6 Å². The van der Waals surface area contributed by atoms with Crippen LogP contribution in [0.15, 0.2) is 30.5 Å². The Kier molecular flexibility index (Phi) is 4.11. The van der Waals surface area contributed by atoms with Gasteiger partial charge in [-0.25, -0.2) is 9.97 Å². The van der Waals surface area contributed by atoms with Gasteiger partial charge in [0.05, 0.1) is 12.1 Å². The number of nitrogens with zero attached hydrogens (tertiary/aromatic N) is 2. The minimum Gasteiger partial charge on any atom is -0.495 e. The van der Waals surface area contributed by atoms with E-state index in [4.69, 9.17) is 16.3 Å². The first-order chi connectivity index (χ1) is 10.7. The highest BCUT2D eigenvalue weighted by atomic mass is 35.5. The quantitative estimate of drug-likeness (QED) is 0.886. The van der Waals surface area contributed by atoms with Crippen LogP contribution in [-0.2, 0) is 0 Å². The molecule has 0 radical (unpaired) electrons. The van der Waals surface area contributed by atoms with Crippen LogP contribution in [0.25, 0.3) is 0 Å². The van der Waals surface area contributed by atoms with Crippen molar-refractivity contribution in [3.8, 4) is 5.75 Å². The highest BCUT2D eigenvalue weighted by Gasteiger charge is 2.24. The minimum atomic E-state index is -0.180. The molecule has 0 aliphatic heterocycles. The SMILES string of the molecule is COc1ccc(Nc2nccc(C(=O)NC3CC3)n2)cc1Cl. The molecule has 1 aliphatic rings. The molecular weight excluding hydrogens is 304 g/mol. The molecule has 114 valence electrons. The van der Waals surface area contributed by atoms with E-state index in [0.29, 0.717) is 34.1 Å². The van der Waals surface area contributed by atoms with Crippen molar-refractivity contribution >= 4 is 29.1 Å². The molecule has 0 bridgehead atoms. The molecule has 1 saturated carbocycles. The van der Waals surface area contributed by atoms with E-state index < -0.39 is 0 Å². The predicted molar refractivity (Wildman–Crippen MR) is 83.8 cm³/mol. The number of carbonyl (C=O) groups excluding carboxylic acids is 1. The summed E-state index contributed by atoms with van der Waals surface area (Å²) in [6.45, 7) is 0. The molecule has 0 unspecified atom stereocenters. The van der Waals surface area contributed by atoms with Gasteiger partial charge in [-0.3, -0.25) is 4.79 Å². The van der Waals surface area contributed by atoms with Crippen molar-refractivity contribution in [2.75, 3.05) is 12.4 Å². The minimum absolute atomic E-state index is 0.180. The smallest absolute Gasteiger partial charge is 0.270 e. The summed E-state index contributed by atoms with van der Waals surface area (Å²) in [5.41, 5.74) is 1.05. The third-order valence-corrected chi connectivity index (χ3v) is 3.50. The molecular formula is C15H15ClN4O2. The van der Waals surface area contributed by atoms with E-state index in [1.165, 1.54) is 0 Å². The van der Waals surface area contributed by atoms with Crippen LogP contribution in [-0.4, -0.2) is 29.0 Å². The molecule has 7 heteroatoms. The Morgan fingerprint density at radius 3 is 2.86 bits per heavy atom. The fraction of sp³-hybridized carbons (Fsp3) is 0.267. The number of nitrogens with one attached hydrogen (secondary N) is 2. The van der Waals surface area contributed by atoms with Gasteiger partial charge in [0.25, 0.3) is 5.91 Å². The monoisotopic (exact) mass is 318 g/mol. The van der Waals surface area contributed by atoms with Gasteiger partial charge in [-0.15, -0.1) is 0 Å². The fourth-order valence-electron chi connectivity index (χ4n) is 1.91. The Morgan fingerprint density at radius 2 is 2.18 bits per heavy atom. The second kappa shape index (κ2) is 6.19. The number of hydrogen-bond donors (Lipinski definition) is 2. The van der Waals surface area contributed by atoms with Gasteiger partial charge < -0.3 is 15.4 Å². The molecule has 1 aromatic heterocycles. The van der Waals surface area contributed by atoms with Gasteiger partial charge in [-0.1, -0.05) is 11.6 Å². The molecule has 1 amide bonds. The number of aromatic nitrogens is 2. The van der Waals surface area contributed by atoms with Crippen LogP contribution in [0.1, 0.15) is 23.3 Å². The van der Waals surface area contributed by atoms with E-state index in [2.05, 4.69) is 20.6 Å². The first-order valence-electron chi connectivity index (χ1n) is 6.90. The standard InChI is InChI=1S/C15H15ClN4O2/c1-22-13-5-4-10(8-11(13)16)19-15-17-7-6-12(20-15)14(21)18-9-2-3-9/h4-9H,2-3H2,1H3,(H,18,21)(H,17,19,20). The lowest BCUT2D eigenvalue weighted by atomic mass is 10.3. The van der Waals surface area contributed by atoms with E-state index in [1.807, 2.05) is 0 Å². The third-order valence-electron chi connectivity index (χ3n) is 3.21. The summed E-state index contributed by atoms with van der Waals surface area (Å²) in [5, 5.41) is 6.39. The van der Waals surface area contributed by atoms with E-state index >= 15 is 0 Å². The summed E-state index contributed by atoms with van der Waals surface area (Å²) in [5.74, 6) is 0.746. The summed E-state index contributed by atoms with van der Waals surface area (Å²) < 4.78 is 5.10. The molecule has 1 fully saturated rings. The number of anilines is 2. The Labute approximate surface area is 132 Å². The van der Waals surface area contributed by atoms with Crippen molar-refractivity contribution in [2.24, 2.45) is 0 Å². The van der Waals surface area contributed by atoms with E-state index in [9.17, 15) is 4.79 Å². The van der Waals surface area contributed by atoms with Crippen molar-refractivity contribution in [1.82, 2.24) is 15.3 Å². The van der Waals surface area contributed by atoms with Crippen molar-refractivity contribution in [3.63, 3.8) is 0 Å². The first kappa shape index (κ1) is 14.6. The summed E-state index contributed by atoms with van der Waals surface area (Å²) >= 11 is 6.07. The molecule has 0 saturated heterocycles. The van der Waals surface area contributed by atoms with Crippen molar-refractivity contribution < 1.29 is 9.53 Å². The molecule has 1 heterocycles. The zero-order valence-electron chi connectivity index (χ0n) is 12.0. The van der Waals surface area contributed by atoms with Gasteiger partial charge in [0.15, 0.2) is 0 Å². The van der Waals surface area contributed by atoms with E-state index in [1.54, 1.807) is 37.6 Å². The van der Waals surface area contributed by atoms with Gasteiger partial charge in [0.2, 0.25) is 5.95 Å². The van der Waals surface area contributed by atoms with E-state index in [-0.39, 0.29) is 5.91 Å². The van der Waals surface area contributed by atoms with Gasteiger partial charge in [-0.05, 0) is 37.1 Å². The number of benzene rings is 1. The van der Waals surface area contributed by atoms with Crippen LogP contribution in [0.3, 0.4) is 0 Å². The normalized spacial score (nSPS) is 13.5. The second-order valence-corrected chi connectivity index (χ2v) is 5.39. The lowest BCUT2D eigenvalue weighted by molar-refractivity contribution is 0.0946. The van der Waals surface area contributed by atoms with Crippen LogP contribution < -0.4 is 15.4 Å². The maximum Gasteiger partial charge on any atom is 0.270 e. The summed E-state index contributed by atoms with van der Waals surface area (Å²) in [4.78, 5) is 20.3. The van der Waals surface area contributed by atoms with Crippen molar-refractivity contribution in [3.05, 3.63) is 41.2 Å². The van der Waals surface area contributed by atoms with Gasteiger partial charge >= 0.3 is 0 Å². The number of carbonyl (C=O) groups is 1. The average molecular weight is 319 g/mol. The number of hydrogen-bond acceptors (Lipinski definition) is 5. The molecule has 0 atom stereocenters. The number of methoxy groups -OCH3 is 1. The summed E-state index contributed by atoms with van der Waals surface area (Å²) in [6.07, 6.45) is 3.61. The van der Waals surface area contributed by atoms with Crippen LogP contribution in [0.5, 0.6) is 5.75 Å². The fourth-order valence-corrected chi connectivity index (χ4v) is 2.16. The first-order valence-corrected chi connectivity index (χ1v) is 7.28. The molecule has 2 N–H and O–H groups in total. The van der Waals surface area contributed by atoms with Gasteiger partial charge in [0.1, 0.15) is 11.4 Å². The van der Waals surface area contributed by atoms with Crippen LogP contribution in [0.2, 0.25) is 5.02 Å². The Hall–Kier alpha value is -2.34. The third kappa shape index (κ3) is 3.46. The van der Waals surface area contributed by atoms with Gasteiger partial charge in [-0.2, -0.15) is 0 Å². The number of amides is 1. The Bertz CT molecular complexity index is 704. The van der Waals surface area contributed by atoms with E-state index in [0.717, 1.165) is 12.8 Å². The second-order valence-electron chi connectivity index (χ2n) is 4.99. The molecule has 3 rings (SSSR count). The highest BCUT2D eigenvalue weighted by molar-refractivity contribution is 6.32. The number of rotatable bonds is 5. The maximum atomic E-state index is 12.0. The molecule has 22 heavy (non-hydrogen) atoms. The maximum absolute atomic E-state index is 12.0. The van der Waals surface area contributed by atoms with Gasteiger partial charge in [0, 0.05) is 17.9 Å². The van der Waals surface area contributed by atoms with Crippen LogP contribution in [0.4, 0.5) is 11.6 Å². The van der Waals surface area contributed by atoms with Crippen molar-refractivity contribution in [1.29, 1.82) is 0 Å². The Morgan fingerprint density at radius 1 is 1.36 bits per heavy atom. The molecule has 2 aromatic rings. The topological polar surface area (TPSA) is 76.1 Å². The average Bonchev–Trinajstić information content (AvgIpc) is 3.32. The molecule has 0 spiro atoms. The molecule has 1 aromatic carbocycles. The predicted octanol–water partition coefficient (Wildman–Crippen LogP) is 2.77. The molecule has 6 nitrogen and oxygen atoms in total. The zero-order chi connectivity index (χ0) is 15.5.